The number of sulfonamides is 1. The monoisotopic (exact) mass is 510 g/mol. The van der Waals surface area contributed by atoms with Gasteiger partial charge in [0.25, 0.3) is 5.56 Å². The Bertz CT molecular complexity index is 1140. The molecule has 2 aromatic rings. The molecule has 3 rings (SSSR count). The first-order valence-electron chi connectivity index (χ1n) is 12.5. The Morgan fingerprint density at radius 2 is 1.54 bits per heavy atom. The van der Waals surface area contributed by atoms with Gasteiger partial charge in [-0.25, -0.2) is 17.2 Å². The molecule has 35 heavy (non-hydrogen) atoms. The van der Waals surface area contributed by atoms with Crippen molar-refractivity contribution in [2.45, 2.75) is 71.0 Å². The number of nitrogens with zero attached hydrogens (tertiary/aromatic N) is 4. The number of rotatable bonds is 11. The molecule has 0 aliphatic carbocycles. The fourth-order valence-electron chi connectivity index (χ4n) is 4.40. The zero-order valence-corrected chi connectivity index (χ0v) is 21.7. The van der Waals surface area contributed by atoms with E-state index in [2.05, 4.69) is 12.0 Å². The highest BCUT2D eigenvalue weighted by atomic mass is 32.2. The summed E-state index contributed by atoms with van der Waals surface area (Å²) in [5.41, 5.74) is 0.841. The van der Waals surface area contributed by atoms with Gasteiger partial charge in [-0.3, -0.25) is 4.79 Å². The highest BCUT2D eigenvalue weighted by molar-refractivity contribution is 7.89. The van der Waals surface area contributed by atoms with Crippen LogP contribution >= 0.6 is 0 Å². The lowest BCUT2D eigenvalue weighted by Crippen LogP contribution is -2.51. The number of benzene rings is 1. The Hall–Kier alpha value is -2.33. The molecule has 0 bridgehead atoms. The first kappa shape index (κ1) is 27.3. The van der Waals surface area contributed by atoms with E-state index in [-0.39, 0.29) is 5.69 Å². The van der Waals surface area contributed by atoms with Crippen molar-refractivity contribution in [2.24, 2.45) is 0 Å². The third-order valence-corrected chi connectivity index (χ3v) is 8.74. The normalized spacial score (nSPS) is 15.2. The number of hydrogen-bond donors (Lipinski definition) is 0. The van der Waals surface area contributed by atoms with E-state index in [9.17, 15) is 22.0 Å². The largest absolute Gasteiger partial charge is 0.367 e. The second kappa shape index (κ2) is 12.1. The van der Waals surface area contributed by atoms with Crippen LogP contribution in [0.5, 0.6) is 0 Å². The van der Waals surface area contributed by atoms with Crippen molar-refractivity contribution in [2.75, 3.05) is 31.1 Å². The van der Waals surface area contributed by atoms with Crippen LogP contribution in [0.3, 0.4) is 0 Å². The van der Waals surface area contributed by atoms with E-state index >= 15 is 0 Å². The smallest absolute Gasteiger partial charge is 0.276 e. The topological polar surface area (TPSA) is 75.5 Å². The number of halogens is 2. The van der Waals surface area contributed by atoms with E-state index in [0.29, 0.717) is 43.9 Å². The SMILES string of the molecule is CCCCCCCCc1c(N2CCN(S(=O)(=O)C(C)C)CC2)cnn(-c2cc(F)cc(F)c2)c1=O. The van der Waals surface area contributed by atoms with Crippen LogP contribution in [0.15, 0.2) is 29.2 Å². The zero-order valence-electron chi connectivity index (χ0n) is 20.8. The molecule has 10 heteroatoms. The van der Waals surface area contributed by atoms with Gasteiger partial charge in [0.05, 0.1) is 22.8 Å². The fourth-order valence-corrected chi connectivity index (χ4v) is 5.67. The summed E-state index contributed by atoms with van der Waals surface area (Å²) in [6, 6.07) is 2.92. The van der Waals surface area contributed by atoms with Gasteiger partial charge in [-0.1, -0.05) is 39.0 Å². The van der Waals surface area contributed by atoms with Gasteiger partial charge in [0.2, 0.25) is 10.0 Å². The molecule has 0 N–H and O–H groups in total. The summed E-state index contributed by atoms with van der Waals surface area (Å²) in [7, 11) is -3.35. The molecule has 1 aliphatic heterocycles. The standard InChI is InChI=1S/C25H36F2N4O3S/c1-4-5-6-7-8-9-10-23-24(29-11-13-30(14-12-29)35(33,34)19(2)3)18-28-31(25(23)32)22-16-20(26)15-21(27)17-22/h15-19H,4-14H2,1-3H3. The molecule has 7 nitrogen and oxygen atoms in total. The third kappa shape index (κ3) is 6.67. The van der Waals surface area contributed by atoms with E-state index < -0.39 is 32.5 Å². The van der Waals surface area contributed by atoms with E-state index in [1.165, 1.54) is 10.7 Å². The molecular formula is C25H36F2N4O3S. The predicted molar refractivity (Wildman–Crippen MR) is 135 cm³/mol. The van der Waals surface area contributed by atoms with Crippen LogP contribution < -0.4 is 10.5 Å². The van der Waals surface area contributed by atoms with Crippen LogP contribution in [0, 0.1) is 11.6 Å². The molecule has 1 fully saturated rings. The van der Waals surface area contributed by atoms with Crippen molar-refractivity contribution < 1.29 is 17.2 Å². The van der Waals surface area contributed by atoms with Gasteiger partial charge >= 0.3 is 0 Å². The van der Waals surface area contributed by atoms with Crippen LogP contribution in [0.1, 0.15) is 64.9 Å². The average molecular weight is 511 g/mol. The second-order valence-corrected chi connectivity index (χ2v) is 11.8. The van der Waals surface area contributed by atoms with Crippen molar-refractivity contribution in [3.63, 3.8) is 0 Å². The van der Waals surface area contributed by atoms with Crippen molar-refractivity contribution in [3.8, 4) is 5.69 Å². The molecule has 0 atom stereocenters. The first-order chi connectivity index (χ1) is 16.6. The average Bonchev–Trinajstić information content (AvgIpc) is 2.81. The maximum Gasteiger partial charge on any atom is 0.276 e. The van der Waals surface area contributed by atoms with Gasteiger partial charge in [0.15, 0.2) is 0 Å². The van der Waals surface area contributed by atoms with Gasteiger partial charge in [-0.2, -0.15) is 14.1 Å². The minimum Gasteiger partial charge on any atom is -0.367 e. The van der Waals surface area contributed by atoms with Gasteiger partial charge in [0.1, 0.15) is 11.6 Å². The molecule has 1 aromatic carbocycles. The number of anilines is 1. The van der Waals surface area contributed by atoms with Gasteiger partial charge in [-0.05, 0) is 38.8 Å². The van der Waals surface area contributed by atoms with Crippen molar-refractivity contribution in [3.05, 3.63) is 51.9 Å². The molecule has 2 heterocycles. The summed E-state index contributed by atoms with van der Waals surface area (Å²) >= 11 is 0. The molecule has 1 aromatic heterocycles. The quantitative estimate of drug-likeness (QED) is 0.422. The number of piperazine rings is 1. The van der Waals surface area contributed by atoms with E-state index in [1.807, 2.05) is 4.90 Å². The maximum atomic E-state index is 13.8. The minimum atomic E-state index is -3.35. The summed E-state index contributed by atoms with van der Waals surface area (Å²) in [6.07, 6.45) is 8.45. The van der Waals surface area contributed by atoms with Crippen LogP contribution in [-0.2, 0) is 16.4 Å². The number of hydrogen-bond acceptors (Lipinski definition) is 5. The first-order valence-corrected chi connectivity index (χ1v) is 14.0. The lowest BCUT2D eigenvalue weighted by Gasteiger charge is -2.36. The second-order valence-electron chi connectivity index (χ2n) is 9.35. The Kier molecular flexibility index (Phi) is 9.40. The van der Waals surface area contributed by atoms with E-state index in [4.69, 9.17) is 0 Å². The predicted octanol–water partition coefficient (Wildman–Crippen LogP) is 4.27. The van der Waals surface area contributed by atoms with E-state index in [0.717, 1.165) is 55.0 Å². The molecule has 0 spiro atoms. The van der Waals surface area contributed by atoms with Crippen molar-refractivity contribution in [1.82, 2.24) is 14.1 Å². The van der Waals surface area contributed by atoms with Crippen LogP contribution in [0.2, 0.25) is 0 Å². The molecule has 0 saturated carbocycles. The molecule has 1 saturated heterocycles. The van der Waals surface area contributed by atoms with Crippen LogP contribution in [0.4, 0.5) is 14.5 Å². The number of unbranched alkanes of at least 4 members (excludes halogenated alkanes) is 5. The van der Waals surface area contributed by atoms with Gasteiger partial charge in [-0.15, -0.1) is 0 Å². The zero-order chi connectivity index (χ0) is 25.6. The molecule has 1 aliphatic rings. The van der Waals surface area contributed by atoms with Crippen molar-refractivity contribution in [1.29, 1.82) is 0 Å². The minimum absolute atomic E-state index is 0.0380. The molecule has 0 radical (unpaired) electrons. The lowest BCUT2D eigenvalue weighted by atomic mass is 10.0. The Morgan fingerprint density at radius 3 is 2.14 bits per heavy atom. The summed E-state index contributed by atoms with van der Waals surface area (Å²) in [5.74, 6) is -1.56. The highest BCUT2D eigenvalue weighted by Gasteiger charge is 2.30. The lowest BCUT2D eigenvalue weighted by molar-refractivity contribution is 0.380. The molecule has 0 unspecified atom stereocenters. The third-order valence-electron chi connectivity index (χ3n) is 6.46. The Labute approximate surface area is 206 Å². The molecule has 194 valence electrons. The fraction of sp³-hybridized carbons (Fsp3) is 0.600. The molecule has 0 amide bonds. The maximum absolute atomic E-state index is 13.8. The summed E-state index contributed by atoms with van der Waals surface area (Å²) in [6.45, 7) is 7.03. The van der Waals surface area contributed by atoms with Crippen LogP contribution in [-0.4, -0.2) is 53.9 Å². The van der Waals surface area contributed by atoms with Gasteiger partial charge < -0.3 is 4.90 Å². The van der Waals surface area contributed by atoms with Crippen molar-refractivity contribution >= 4 is 15.7 Å². The summed E-state index contributed by atoms with van der Waals surface area (Å²) < 4.78 is 55.2. The summed E-state index contributed by atoms with van der Waals surface area (Å²) in [5, 5.41) is 3.74. The van der Waals surface area contributed by atoms with Crippen LogP contribution in [0.25, 0.3) is 5.69 Å². The van der Waals surface area contributed by atoms with E-state index in [1.54, 1.807) is 20.0 Å². The molecular weight excluding hydrogens is 474 g/mol. The van der Waals surface area contributed by atoms with Gasteiger partial charge in [0, 0.05) is 37.8 Å². The summed E-state index contributed by atoms with van der Waals surface area (Å²) in [4.78, 5) is 15.4. The Balaban J connectivity index is 1.87. The number of aromatic nitrogens is 2. The Morgan fingerprint density at radius 1 is 0.943 bits per heavy atom. The highest BCUT2D eigenvalue weighted by Crippen LogP contribution is 2.23.